The predicted octanol–water partition coefficient (Wildman–Crippen LogP) is 4.19. The maximum absolute atomic E-state index is 14.1. The quantitative estimate of drug-likeness (QED) is 0.360. The van der Waals surface area contributed by atoms with E-state index in [-0.39, 0.29) is 35.8 Å². The lowest BCUT2D eigenvalue weighted by Gasteiger charge is -2.30. The van der Waals surface area contributed by atoms with Crippen molar-refractivity contribution in [3.8, 4) is 5.75 Å². The molecule has 0 fully saturated rings. The Hall–Kier alpha value is -5.19. The minimum Gasteiger partial charge on any atom is -0.496 e. The van der Waals surface area contributed by atoms with Crippen molar-refractivity contribution in [2.24, 2.45) is 5.41 Å². The summed E-state index contributed by atoms with van der Waals surface area (Å²) in [6.07, 6.45) is 0. The van der Waals surface area contributed by atoms with Crippen LogP contribution < -0.4 is 25.2 Å². The number of carbonyl (C=O) groups is 5. The molecule has 0 bridgehead atoms. The van der Waals surface area contributed by atoms with Crippen LogP contribution in [0.1, 0.15) is 41.5 Å². The summed E-state index contributed by atoms with van der Waals surface area (Å²) in [7, 11) is 1.44. The minimum absolute atomic E-state index is 0.0308. The largest absolute Gasteiger partial charge is 0.496 e. The lowest BCUT2D eigenvalue weighted by Crippen LogP contribution is -2.55. The highest BCUT2D eigenvalue weighted by Crippen LogP contribution is 2.36. The highest BCUT2D eigenvalue weighted by Gasteiger charge is 2.40. The molecule has 1 unspecified atom stereocenters. The van der Waals surface area contributed by atoms with Crippen molar-refractivity contribution in [2.75, 3.05) is 35.3 Å². The fraction of sp³-hybridized carbons (Fsp3) is 0.258. The van der Waals surface area contributed by atoms with E-state index in [4.69, 9.17) is 4.74 Å². The summed E-state index contributed by atoms with van der Waals surface area (Å²) in [6.45, 7) is 4.66. The van der Waals surface area contributed by atoms with Crippen molar-refractivity contribution < 1.29 is 33.8 Å². The van der Waals surface area contributed by atoms with Crippen LogP contribution in [0.25, 0.3) is 0 Å². The zero-order valence-corrected chi connectivity index (χ0v) is 23.7. The van der Waals surface area contributed by atoms with Gasteiger partial charge < -0.3 is 30.3 Å². The summed E-state index contributed by atoms with van der Waals surface area (Å²) >= 11 is 0. The Labute approximate surface area is 243 Å². The summed E-state index contributed by atoms with van der Waals surface area (Å²) < 4.78 is 5.34. The van der Waals surface area contributed by atoms with Gasteiger partial charge in [-0.3, -0.25) is 14.4 Å². The fourth-order valence-corrected chi connectivity index (χ4v) is 4.61. The molecule has 3 N–H and O–H groups in total. The molecule has 0 aromatic heterocycles. The first-order valence-corrected chi connectivity index (χ1v) is 13.2. The second kappa shape index (κ2) is 12.1. The van der Waals surface area contributed by atoms with Crippen molar-refractivity contribution >= 4 is 46.7 Å². The summed E-state index contributed by atoms with van der Waals surface area (Å²) in [5.41, 5.74) is 0.361. The van der Waals surface area contributed by atoms with Crippen LogP contribution in [0.2, 0.25) is 0 Å². The van der Waals surface area contributed by atoms with Gasteiger partial charge in [0.25, 0.3) is 5.91 Å². The number of nitrogens with zero attached hydrogens (tertiary/aromatic N) is 2. The minimum atomic E-state index is -1.25. The van der Waals surface area contributed by atoms with Crippen molar-refractivity contribution in [3.05, 3.63) is 83.9 Å². The van der Waals surface area contributed by atoms with Crippen molar-refractivity contribution in [3.63, 3.8) is 0 Å². The molecular formula is C31H32N4O7. The molecule has 1 heterocycles. The van der Waals surface area contributed by atoms with Gasteiger partial charge in [0, 0.05) is 11.1 Å². The van der Waals surface area contributed by atoms with Crippen molar-refractivity contribution in [2.45, 2.75) is 26.8 Å². The van der Waals surface area contributed by atoms with E-state index in [1.165, 1.54) is 41.2 Å². The van der Waals surface area contributed by atoms with E-state index < -0.39 is 35.1 Å². The molecule has 1 aliphatic heterocycles. The number of anilines is 3. The number of hydrogen-bond donors (Lipinski definition) is 3. The number of benzene rings is 3. The van der Waals surface area contributed by atoms with Crippen LogP contribution in [0.15, 0.2) is 72.8 Å². The lowest BCUT2D eigenvalue weighted by atomic mass is 9.94. The molecule has 0 saturated carbocycles. The average molecular weight is 573 g/mol. The molecule has 218 valence electrons. The molecule has 0 spiro atoms. The Morgan fingerprint density at radius 1 is 0.952 bits per heavy atom. The average Bonchev–Trinajstić information content (AvgIpc) is 3.07. The first kappa shape index (κ1) is 29.8. The number of carboxylic acids is 1. The van der Waals surface area contributed by atoms with Crippen LogP contribution >= 0.6 is 0 Å². The van der Waals surface area contributed by atoms with Crippen LogP contribution in [0.3, 0.4) is 0 Å². The molecule has 42 heavy (non-hydrogen) atoms. The zero-order valence-electron chi connectivity index (χ0n) is 23.7. The third-order valence-electron chi connectivity index (χ3n) is 6.66. The number of para-hydroxylation sites is 3. The Bertz CT molecular complexity index is 1550. The molecule has 1 atom stereocenters. The lowest BCUT2D eigenvalue weighted by molar-refractivity contribution is -0.126. The summed E-state index contributed by atoms with van der Waals surface area (Å²) in [5.74, 6) is -2.12. The van der Waals surface area contributed by atoms with Crippen molar-refractivity contribution in [1.82, 2.24) is 5.32 Å². The number of aromatic carboxylic acids is 1. The maximum Gasteiger partial charge on any atom is 0.335 e. The van der Waals surface area contributed by atoms with E-state index in [1.807, 2.05) is 0 Å². The van der Waals surface area contributed by atoms with E-state index in [9.17, 15) is 29.1 Å². The van der Waals surface area contributed by atoms with Gasteiger partial charge in [-0.25, -0.2) is 9.59 Å². The van der Waals surface area contributed by atoms with Gasteiger partial charge in [-0.2, -0.15) is 0 Å². The number of Topliss-reactive ketones (excluding diaryl/α,β-unsaturated/α-hetero) is 1. The number of carboxylic acid groups (broad SMARTS) is 1. The first-order chi connectivity index (χ1) is 19.9. The van der Waals surface area contributed by atoms with Gasteiger partial charge in [0.2, 0.25) is 5.91 Å². The van der Waals surface area contributed by atoms with E-state index in [0.29, 0.717) is 17.1 Å². The number of amides is 4. The zero-order chi connectivity index (χ0) is 30.6. The Balaban J connectivity index is 1.71. The number of urea groups is 1. The number of ketones is 1. The van der Waals surface area contributed by atoms with Crippen LogP contribution in [0.4, 0.5) is 21.9 Å². The highest BCUT2D eigenvalue weighted by atomic mass is 16.5. The number of carbonyl (C=O) groups excluding carboxylic acids is 4. The predicted molar refractivity (Wildman–Crippen MR) is 157 cm³/mol. The van der Waals surface area contributed by atoms with Crippen LogP contribution in [-0.2, 0) is 9.59 Å². The first-order valence-electron chi connectivity index (χ1n) is 13.2. The Morgan fingerprint density at radius 3 is 2.29 bits per heavy atom. The van der Waals surface area contributed by atoms with E-state index in [2.05, 4.69) is 10.6 Å². The van der Waals surface area contributed by atoms with Gasteiger partial charge in [-0.15, -0.1) is 0 Å². The normalized spacial score (nSPS) is 14.9. The number of ether oxygens (including phenoxy) is 1. The molecule has 11 heteroatoms. The van der Waals surface area contributed by atoms with Crippen LogP contribution in [0, 0.1) is 5.41 Å². The number of fused-ring (bicyclic) bond motifs is 1. The fourth-order valence-electron chi connectivity index (χ4n) is 4.61. The third-order valence-corrected chi connectivity index (χ3v) is 6.66. The van der Waals surface area contributed by atoms with Gasteiger partial charge in [0.05, 0.1) is 42.7 Å². The summed E-state index contributed by atoms with van der Waals surface area (Å²) in [6, 6.07) is 17.0. The molecular weight excluding hydrogens is 540 g/mol. The van der Waals surface area contributed by atoms with Gasteiger partial charge >= 0.3 is 12.0 Å². The molecule has 4 amide bonds. The van der Waals surface area contributed by atoms with E-state index in [1.54, 1.807) is 69.3 Å². The molecule has 1 aliphatic rings. The molecule has 3 aromatic carbocycles. The van der Waals surface area contributed by atoms with Crippen LogP contribution in [-0.4, -0.2) is 60.9 Å². The summed E-state index contributed by atoms with van der Waals surface area (Å²) in [5, 5.41) is 14.4. The smallest absolute Gasteiger partial charge is 0.335 e. The SMILES string of the molecule is COc1ccccc1C(=O)CN1C(=O)C(NC(=O)Nc2cccc(C(=O)O)c2)CN(C(=O)C(C)(C)C)c2ccccc21. The third kappa shape index (κ3) is 6.41. The maximum atomic E-state index is 14.1. The van der Waals surface area contributed by atoms with Gasteiger partial charge in [0.1, 0.15) is 11.8 Å². The molecule has 3 aromatic rings. The molecule has 4 rings (SSSR count). The second-order valence-electron chi connectivity index (χ2n) is 10.7. The molecule has 0 saturated heterocycles. The topological polar surface area (TPSA) is 145 Å². The van der Waals surface area contributed by atoms with Gasteiger partial charge in [-0.1, -0.05) is 51.1 Å². The standard InChI is InChI=1S/C31H32N4O7/c1-31(2,3)29(40)35-17-22(33-30(41)32-20-11-9-10-19(16-20)28(38)39)27(37)34(23-13-6-7-14-24(23)35)18-25(36)21-12-5-8-15-26(21)42-4/h5-16,22H,17-18H2,1-4H3,(H,38,39)(H2,32,33,41). The molecule has 0 aliphatic carbocycles. The van der Waals surface area contributed by atoms with E-state index >= 15 is 0 Å². The van der Waals surface area contributed by atoms with E-state index in [0.717, 1.165) is 0 Å². The molecule has 11 nitrogen and oxygen atoms in total. The number of methoxy groups -OCH3 is 1. The molecule has 0 radical (unpaired) electrons. The van der Waals surface area contributed by atoms with Crippen molar-refractivity contribution in [1.29, 1.82) is 0 Å². The second-order valence-corrected chi connectivity index (χ2v) is 10.7. The summed E-state index contributed by atoms with van der Waals surface area (Å²) in [4.78, 5) is 68.3. The number of nitrogens with one attached hydrogen (secondary N) is 2. The Morgan fingerprint density at radius 2 is 1.62 bits per heavy atom. The van der Waals surface area contributed by atoms with Gasteiger partial charge in [0.15, 0.2) is 5.78 Å². The highest BCUT2D eigenvalue weighted by molar-refractivity contribution is 6.13. The Kier molecular flexibility index (Phi) is 8.60. The van der Waals surface area contributed by atoms with Crippen LogP contribution in [0.5, 0.6) is 5.75 Å². The number of rotatable bonds is 7. The monoisotopic (exact) mass is 572 g/mol. The number of hydrogen-bond acceptors (Lipinski definition) is 6. The van der Waals surface area contributed by atoms with Gasteiger partial charge in [-0.05, 0) is 42.5 Å².